The van der Waals surface area contributed by atoms with Crippen molar-refractivity contribution in [1.29, 1.82) is 0 Å². The van der Waals surface area contributed by atoms with E-state index >= 15 is 0 Å². The molecule has 4 heteroatoms. The number of carbonyl (C=O) groups excluding carboxylic acids is 1. The summed E-state index contributed by atoms with van der Waals surface area (Å²) in [6, 6.07) is 1.62. The standard InChI is InChI=1S/C13H18N2O2/c1-17-13(7-4-2-3-5-8-13)12-14-9-6-11(10-16)15-12/h6,9-10H,2-5,7-8H2,1H3. The lowest BCUT2D eigenvalue weighted by Gasteiger charge is -2.29. The third-order valence-electron chi connectivity index (χ3n) is 3.51. The van der Waals surface area contributed by atoms with E-state index in [-0.39, 0.29) is 0 Å². The first kappa shape index (κ1) is 12.2. The van der Waals surface area contributed by atoms with Gasteiger partial charge in [-0.2, -0.15) is 0 Å². The van der Waals surface area contributed by atoms with Gasteiger partial charge in [0.25, 0.3) is 0 Å². The minimum atomic E-state index is -0.393. The highest BCUT2D eigenvalue weighted by molar-refractivity contribution is 5.71. The van der Waals surface area contributed by atoms with Gasteiger partial charge in [-0.25, -0.2) is 9.97 Å². The number of hydrogen-bond acceptors (Lipinski definition) is 4. The van der Waals surface area contributed by atoms with E-state index in [1.165, 1.54) is 12.8 Å². The van der Waals surface area contributed by atoms with Crippen LogP contribution in [0.25, 0.3) is 0 Å². The summed E-state index contributed by atoms with van der Waals surface area (Å²) in [6.07, 6.45) is 8.99. The van der Waals surface area contributed by atoms with Crippen LogP contribution in [0.3, 0.4) is 0 Å². The van der Waals surface area contributed by atoms with E-state index in [0.717, 1.165) is 32.0 Å². The number of ether oxygens (including phenoxy) is 1. The van der Waals surface area contributed by atoms with Gasteiger partial charge in [0.2, 0.25) is 0 Å². The summed E-state index contributed by atoms with van der Waals surface area (Å²) in [4.78, 5) is 19.4. The van der Waals surface area contributed by atoms with E-state index in [2.05, 4.69) is 9.97 Å². The molecular weight excluding hydrogens is 216 g/mol. The molecule has 1 fully saturated rings. The topological polar surface area (TPSA) is 52.1 Å². The molecule has 4 nitrogen and oxygen atoms in total. The molecule has 0 aromatic carbocycles. The van der Waals surface area contributed by atoms with Crippen LogP contribution in [-0.4, -0.2) is 23.4 Å². The highest BCUT2D eigenvalue weighted by Gasteiger charge is 2.35. The molecule has 0 bridgehead atoms. The van der Waals surface area contributed by atoms with Gasteiger partial charge in [-0.3, -0.25) is 4.79 Å². The van der Waals surface area contributed by atoms with Gasteiger partial charge in [-0.1, -0.05) is 25.7 Å². The Balaban J connectivity index is 2.34. The van der Waals surface area contributed by atoms with Crippen LogP contribution in [0.15, 0.2) is 12.3 Å². The van der Waals surface area contributed by atoms with Gasteiger partial charge in [0, 0.05) is 13.3 Å². The minimum absolute atomic E-state index is 0.393. The van der Waals surface area contributed by atoms with Crippen molar-refractivity contribution in [3.05, 3.63) is 23.8 Å². The second-order valence-electron chi connectivity index (χ2n) is 4.54. The molecule has 0 aliphatic heterocycles. The molecule has 1 saturated carbocycles. The maximum atomic E-state index is 10.8. The number of nitrogens with zero attached hydrogens (tertiary/aromatic N) is 2. The molecule has 1 aromatic rings. The van der Waals surface area contributed by atoms with E-state index in [1.54, 1.807) is 19.4 Å². The van der Waals surface area contributed by atoms with Crippen LogP contribution < -0.4 is 0 Å². The van der Waals surface area contributed by atoms with Gasteiger partial charge in [0.1, 0.15) is 11.3 Å². The predicted octanol–water partition coefficient (Wildman–Crippen LogP) is 2.49. The molecule has 1 aliphatic rings. The summed E-state index contributed by atoms with van der Waals surface area (Å²) in [5.74, 6) is 0.659. The highest BCUT2D eigenvalue weighted by atomic mass is 16.5. The molecule has 1 aliphatic carbocycles. The van der Waals surface area contributed by atoms with Crippen molar-refractivity contribution in [3.8, 4) is 0 Å². The third-order valence-corrected chi connectivity index (χ3v) is 3.51. The molecule has 0 amide bonds. The lowest BCUT2D eigenvalue weighted by molar-refractivity contribution is -0.0352. The van der Waals surface area contributed by atoms with Crippen molar-refractivity contribution in [2.75, 3.05) is 7.11 Å². The quantitative estimate of drug-likeness (QED) is 0.595. The molecule has 92 valence electrons. The molecule has 1 aromatic heterocycles. The molecule has 0 saturated heterocycles. The van der Waals surface area contributed by atoms with Gasteiger partial charge >= 0.3 is 0 Å². The fourth-order valence-electron chi connectivity index (χ4n) is 2.48. The van der Waals surface area contributed by atoms with E-state index in [0.29, 0.717) is 11.5 Å². The lowest BCUT2D eigenvalue weighted by atomic mass is 9.93. The zero-order valence-electron chi connectivity index (χ0n) is 10.2. The smallest absolute Gasteiger partial charge is 0.168 e. The third kappa shape index (κ3) is 2.52. The first-order valence-corrected chi connectivity index (χ1v) is 6.14. The summed E-state index contributed by atoms with van der Waals surface area (Å²) in [5, 5.41) is 0. The average Bonchev–Trinajstić information content (AvgIpc) is 2.65. The van der Waals surface area contributed by atoms with Crippen molar-refractivity contribution < 1.29 is 9.53 Å². The summed E-state index contributed by atoms with van der Waals surface area (Å²) < 4.78 is 5.70. The van der Waals surface area contributed by atoms with Crippen LogP contribution in [0.2, 0.25) is 0 Å². The Morgan fingerprint density at radius 3 is 2.59 bits per heavy atom. The Morgan fingerprint density at radius 2 is 2.00 bits per heavy atom. The molecule has 0 radical (unpaired) electrons. The molecular formula is C13H18N2O2. The monoisotopic (exact) mass is 234 g/mol. The van der Waals surface area contributed by atoms with Gasteiger partial charge in [-0.05, 0) is 18.9 Å². The van der Waals surface area contributed by atoms with E-state index < -0.39 is 5.60 Å². The summed E-state index contributed by atoms with van der Waals surface area (Å²) >= 11 is 0. The van der Waals surface area contributed by atoms with Gasteiger partial charge in [0.15, 0.2) is 12.1 Å². The van der Waals surface area contributed by atoms with Crippen molar-refractivity contribution in [3.63, 3.8) is 0 Å². The molecule has 0 atom stereocenters. The van der Waals surface area contributed by atoms with Crippen molar-refractivity contribution in [1.82, 2.24) is 9.97 Å². The Morgan fingerprint density at radius 1 is 1.29 bits per heavy atom. The van der Waals surface area contributed by atoms with Crippen molar-refractivity contribution >= 4 is 6.29 Å². The lowest BCUT2D eigenvalue weighted by Crippen LogP contribution is -2.30. The van der Waals surface area contributed by atoms with Crippen LogP contribution in [0.1, 0.15) is 54.8 Å². The van der Waals surface area contributed by atoms with Gasteiger partial charge in [-0.15, -0.1) is 0 Å². The van der Waals surface area contributed by atoms with Crippen LogP contribution in [-0.2, 0) is 10.3 Å². The molecule has 0 N–H and O–H groups in total. The van der Waals surface area contributed by atoms with E-state index in [1.807, 2.05) is 0 Å². The SMILES string of the molecule is COC1(c2nccc(C=O)n2)CCCCCC1. The fourth-order valence-corrected chi connectivity index (χ4v) is 2.48. The first-order chi connectivity index (χ1) is 8.30. The number of methoxy groups -OCH3 is 1. The number of hydrogen-bond donors (Lipinski definition) is 0. The zero-order chi connectivity index (χ0) is 12.1. The van der Waals surface area contributed by atoms with Crippen LogP contribution in [0, 0.1) is 0 Å². The summed E-state index contributed by atoms with van der Waals surface area (Å²) in [7, 11) is 1.71. The van der Waals surface area contributed by atoms with Gasteiger partial charge in [0.05, 0.1) is 0 Å². The van der Waals surface area contributed by atoms with Crippen molar-refractivity contribution in [2.24, 2.45) is 0 Å². The van der Waals surface area contributed by atoms with Crippen LogP contribution in [0.5, 0.6) is 0 Å². The normalized spacial score (nSPS) is 19.6. The number of aromatic nitrogens is 2. The minimum Gasteiger partial charge on any atom is -0.370 e. The summed E-state index contributed by atoms with van der Waals surface area (Å²) in [6.45, 7) is 0. The number of aldehydes is 1. The average molecular weight is 234 g/mol. The van der Waals surface area contributed by atoms with E-state index in [9.17, 15) is 4.79 Å². The second kappa shape index (κ2) is 5.36. The Bertz CT molecular complexity index is 385. The molecule has 1 heterocycles. The fraction of sp³-hybridized carbons (Fsp3) is 0.615. The summed E-state index contributed by atoms with van der Waals surface area (Å²) in [5.41, 5.74) is 0.0332. The second-order valence-corrected chi connectivity index (χ2v) is 4.54. The van der Waals surface area contributed by atoms with Gasteiger partial charge < -0.3 is 4.74 Å². The molecule has 17 heavy (non-hydrogen) atoms. The highest BCUT2D eigenvalue weighted by Crippen LogP contribution is 2.36. The predicted molar refractivity (Wildman–Crippen MR) is 63.8 cm³/mol. The van der Waals surface area contributed by atoms with Crippen molar-refractivity contribution in [2.45, 2.75) is 44.1 Å². The van der Waals surface area contributed by atoms with E-state index in [4.69, 9.17) is 4.74 Å². The maximum Gasteiger partial charge on any atom is 0.168 e. The first-order valence-electron chi connectivity index (χ1n) is 6.14. The maximum absolute atomic E-state index is 10.8. The molecule has 0 unspecified atom stereocenters. The molecule has 0 spiro atoms. The largest absolute Gasteiger partial charge is 0.370 e. The number of rotatable bonds is 3. The number of carbonyl (C=O) groups is 1. The Hall–Kier alpha value is -1.29. The van der Waals surface area contributed by atoms with Crippen LogP contribution in [0.4, 0.5) is 0 Å². The zero-order valence-corrected chi connectivity index (χ0v) is 10.2. The Kier molecular flexibility index (Phi) is 3.84. The Labute approximate surface area is 101 Å². The van der Waals surface area contributed by atoms with Crippen LogP contribution >= 0.6 is 0 Å². The molecule has 2 rings (SSSR count).